The lowest BCUT2D eigenvalue weighted by molar-refractivity contribution is 1.47. The summed E-state index contributed by atoms with van der Waals surface area (Å²) >= 11 is 0. The number of hydrogen-bond donors (Lipinski definition) is 2. The van der Waals surface area contributed by atoms with Crippen molar-refractivity contribution in [3.05, 3.63) is 85.6 Å². The van der Waals surface area contributed by atoms with Crippen LogP contribution in [0.3, 0.4) is 0 Å². The highest BCUT2D eigenvalue weighted by Crippen LogP contribution is 2.23. The minimum absolute atomic E-state index is 0.927. The Morgan fingerprint density at radius 3 is 1.81 bits per heavy atom. The van der Waals surface area contributed by atoms with Crippen molar-refractivity contribution in [2.75, 3.05) is 17.7 Å². The monoisotopic (exact) mass is 276 g/mol. The summed E-state index contributed by atoms with van der Waals surface area (Å²) in [6.07, 6.45) is 5.39. The highest BCUT2D eigenvalue weighted by Gasteiger charge is 1.99. The van der Waals surface area contributed by atoms with Crippen molar-refractivity contribution >= 4 is 11.4 Å². The maximum absolute atomic E-state index is 3.77. The van der Waals surface area contributed by atoms with Crippen LogP contribution in [-0.2, 0) is 0 Å². The highest BCUT2D eigenvalue weighted by molar-refractivity contribution is 5.68. The van der Waals surface area contributed by atoms with Crippen LogP contribution in [0.4, 0.5) is 11.4 Å². The minimum Gasteiger partial charge on any atom is -0.388 e. The molecule has 2 nitrogen and oxygen atoms in total. The smallest absolute Gasteiger partial charge is 0.0384 e. The Kier molecular flexibility index (Phi) is 4.99. The van der Waals surface area contributed by atoms with E-state index in [9.17, 15) is 0 Å². The zero-order valence-electron chi connectivity index (χ0n) is 12.3. The van der Waals surface area contributed by atoms with Crippen LogP contribution in [0.2, 0.25) is 0 Å². The SMILES string of the molecule is C=C/C=C(\C=C)Nc1ccc(-c2ccc(NC)cc2)cc1. The first-order valence-corrected chi connectivity index (χ1v) is 6.87. The molecule has 0 bridgehead atoms. The highest BCUT2D eigenvalue weighted by atomic mass is 14.9. The zero-order chi connectivity index (χ0) is 15.1. The van der Waals surface area contributed by atoms with Crippen LogP contribution in [0.1, 0.15) is 0 Å². The summed E-state index contributed by atoms with van der Waals surface area (Å²) < 4.78 is 0. The second-order valence-electron chi connectivity index (χ2n) is 4.59. The van der Waals surface area contributed by atoms with E-state index in [0.717, 1.165) is 17.1 Å². The first-order chi connectivity index (χ1) is 10.3. The van der Waals surface area contributed by atoms with Crippen molar-refractivity contribution in [2.24, 2.45) is 0 Å². The molecule has 0 aliphatic carbocycles. The molecule has 0 saturated carbocycles. The minimum atomic E-state index is 0.927. The predicted molar refractivity (Wildman–Crippen MR) is 93.5 cm³/mol. The van der Waals surface area contributed by atoms with E-state index in [1.165, 1.54) is 11.1 Å². The van der Waals surface area contributed by atoms with Gasteiger partial charge in [0.1, 0.15) is 0 Å². The fourth-order valence-corrected chi connectivity index (χ4v) is 2.03. The molecule has 2 aromatic rings. The van der Waals surface area contributed by atoms with Gasteiger partial charge in [-0.25, -0.2) is 0 Å². The molecule has 2 aromatic carbocycles. The normalized spacial score (nSPS) is 10.8. The maximum atomic E-state index is 3.77. The van der Waals surface area contributed by atoms with Gasteiger partial charge in [-0.1, -0.05) is 43.5 Å². The van der Waals surface area contributed by atoms with Crippen LogP contribution in [0.15, 0.2) is 85.6 Å². The summed E-state index contributed by atoms with van der Waals surface area (Å²) in [5.41, 5.74) is 5.46. The second kappa shape index (κ2) is 7.15. The summed E-state index contributed by atoms with van der Waals surface area (Å²) in [5.74, 6) is 0. The van der Waals surface area contributed by atoms with Crippen molar-refractivity contribution in [1.29, 1.82) is 0 Å². The molecule has 0 heterocycles. The molecule has 0 aliphatic rings. The first-order valence-electron chi connectivity index (χ1n) is 6.87. The molecule has 0 fully saturated rings. The van der Waals surface area contributed by atoms with Crippen LogP contribution >= 0.6 is 0 Å². The lowest BCUT2D eigenvalue weighted by Gasteiger charge is -2.08. The van der Waals surface area contributed by atoms with E-state index in [1.807, 2.05) is 13.1 Å². The average Bonchev–Trinajstić information content (AvgIpc) is 2.55. The lowest BCUT2D eigenvalue weighted by atomic mass is 10.0. The third-order valence-electron chi connectivity index (χ3n) is 3.20. The van der Waals surface area contributed by atoms with E-state index in [1.54, 1.807) is 12.2 Å². The van der Waals surface area contributed by atoms with Crippen molar-refractivity contribution in [2.45, 2.75) is 0 Å². The number of nitrogens with one attached hydrogen (secondary N) is 2. The number of allylic oxidation sites excluding steroid dienone is 3. The Bertz CT molecular complexity index is 634. The van der Waals surface area contributed by atoms with Gasteiger partial charge < -0.3 is 10.6 Å². The molecule has 2 heteroatoms. The van der Waals surface area contributed by atoms with E-state index in [0.29, 0.717) is 0 Å². The summed E-state index contributed by atoms with van der Waals surface area (Å²) in [5, 5.41) is 6.41. The van der Waals surface area contributed by atoms with Crippen molar-refractivity contribution in [1.82, 2.24) is 0 Å². The lowest BCUT2D eigenvalue weighted by Crippen LogP contribution is -1.95. The molecule has 106 valence electrons. The topological polar surface area (TPSA) is 24.1 Å². The van der Waals surface area contributed by atoms with Crippen LogP contribution in [0, 0.1) is 0 Å². The molecule has 0 atom stereocenters. The predicted octanol–water partition coefficient (Wildman–Crippen LogP) is 5.06. The molecule has 0 unspecified atom stereocenters. The second-order valence-corrected chi connectivity index (χ2v) is 4.59. The van der Waals surface area contributed by atoms with Crippen LogP contribution in [0.5, 0.6) is 0 Å². The van der Waals surface area contributed by atoms with Crippen LogP contribution in [-0.4, -0.2) is 7.05 Å². The molecule has 0 radical (unpaired) electrons. The molecule has 0 spiro atoms. The Balaban J connectivity index is 2.16. The Morgan fingerprint density at radius 1 is 0.857 bits per heavy atom. The summed E-state index contributed by atoms with van der Waals surface area (Å²) in [6.45, 7) is 7.46. The number of hydrogen-bond acceptors (Lipinski definition) is 2. The Labute approximate surface area is 126 Å². The molecule has 2 rings (SSSR count). The fourth-order valence-electron chi connectivity index (χ4n) is 2.03. The third-order valence-corrected chi connectivity index (χ3v) is 3.20. The zero-order valence-corrected chi connectivity index (χ0v) is 12.3. The van der Waals surface area contributed by atoms with Crippen LogP contribution < -0.4 is 10.6 Å². The van der Waals surface area contributed by atoms with Gasteiger partial charge in [0.05, 0.1) is 0 Å². The molecule has 0 aliphatic heterocycles. The Morgan fingerprint density at radius 2 is 1.38 bits per heavy atom. The van der Waals surface area contributed by atoms with Gasteiger partial charge >= 0.3 is 0 Å². The first kappa shape index (κ1) is 14.7. The van der Waals surface area contributed by atoms with Gasteiger partial charge in [0.25, 0.3) is 0 Å². The van der Waals surface area contributed by atoms with Crippen molar-refractivity contribution in [3.63, 3.8) is 0 Å². The van der Waals surface area contributed by atoms with Crippen molar-refractivity contribution in [3.8, 4) is 11.1 Å². The Hall–Kier alpha value is -2.74. The van der Waals surface area contributed by atoms with Gasteiger partial charge in [-0.2, -0.15) is 0 Å². The summed E-state index contributed by atoms with van der Waals surface area (Å²) in [4.78, 5) is 0. The van der Waals surface area contributed by atoms with Gasteiger partial charge in [0, 0.05) is 24.1 Å². The molecule has 0 aromatic heterocycles. The summed E-state index contributed by atoms with van der Waals surface area (Å²) in [6, 6.07) is 16.7. The van der Waals surface area contributed by atoms with E-state index in [2.05, 4.69) is 72.3 Å². The molecular weight excluding hydrogens is 256 g/mol. The van der Waals surface area contributed by atoms with E-state index < -0.39 is 0 Å². The molecular formula is C19H20N2. The van der Waals surface area contributed by atoms with E-state index in [-0.39, 0.29) is 0 Å². The fraction of sp³-hybridized carbons (Fsp3) is 0.0526. The van der Waals surface area contributed by atoms with Gasteiger partial charge in [-0.3, -0.25) is 0 Å². The average molecular weight is 276 g/mol. The number of anilines is 2. The van der Waals surface area contributed by atoms with Gasteiger partial charge in [-0.15, -0.1) is 0 Å². The number of benzene rings is 2. The molecule has 0 saturated heterocycles. The standard InChI is InChI=1S/C19H20N2/c1-4-6-17(5-2)21-19-13-9-16(10-14-19)15-7-11-18(20-3)12-8-15/h4-14,20-21H,1-2H2,3H3/b17-6+. The molecule has 2 N–H and O–H groups in total. The van der Waals surface area contributed by atoms with E-state index >= 15 is 0 Å². The number of rotatable bonds is 6. The molecule has 0 amide bonds. The quantitative estimate of drug-likeness (QED) is 0.720. The molecule has 21 heavy (non-hydrogen) atoms. The third kappa shape index (κ3) is 3.86. The van der Waals surface area contributed by atoms with Crippen molar-refractivity contribution < 1.29 is 0 Å². The largest absolute Gasteiger partial charge is 0.388 e. The van der Waals surface area contributed by atoms with Gasteiger partial charge in [0.2, 0.25) is 0 Å². The van der Waals surface area contributed by atoms with Gasteiger partial charge in [0.15, 0.2) is 0 Å². The van der Waals surface area contributed by atoms with Gasteiger partial charge in [-0.05, 0) is 47.5 Å². The maximum Gasteiger partial charge on any atom is 0.0384 e. The summed E-state index contributed by atoms with van der Waals surface area (Å²) in [7, 11) is 1.92. The van der Waals surface area contributed by atoms with Crippen LogP contribution in [0.25, 0.3) is 11.1 Å². The van der Waals surface area contributed by atoms with E-state index in [4.69, 9.17) is 0 Å².